The van der Waals surface area contributed by atoms with Gasteiger partial charge in [0.15, 0.2) is 0 Å². The normalized spacial score (nSPS) is 15.8. The van der Waals surface area contributed by atoms with Crippen molar-refractivity contribution in [2.24, 2.45) is 11.7 Å². The van der Waals surface area contributed by atoms with Gasteiger partial charge in [-0.1, -0.05) is 36.0 Å². The van der Waals surface area contributed by atoms with Gasteiger partial charge < -0.3 is 5.73 Å². The molecule has 1 aromatic carbocycles. The Balaban J connectivity index is 2.05. The standard InChI is InChI=1S/C17H16Cl2F2N2O3S2/c18-11-7-12(20)10(6-13(11)21)8-23(14(17(22)24)5-9-1-2-9)28(25,26)16-4-3-15(19)27-16/h3-4,6-7,9,14H,1-2,5,8H2,(H2,22,24). The summed E-state index contributed by atoms with van der Waals surface area (Å²) in [6.45, 7) is -0.571. The Hall–Kier alpha value is -1.26. The molecule has 2 aromatic rings. The summed E-state index contributed by atoms with van der Waals surface area (Å²) in [4.78, 5) is 12.1. The fraction of sp³-hybridized carbons (Fsp3) is 0.353. The highest BCUT2D eigenvalue weighted by atomic mass is 35.5. The van der Waals surface area contributed by atoms with Gasteiger partial charge in [-0.3, -0.25) is 4.79 Å². The van der Waals surface area contributed by atoms with Gasteiger partial charge in [0.2, 0.25) is 5.91 Å². The molecule has 0 saturated heterocycles. The first kappa shape index (κ1) is 21.4. The molecule has 0 spiro atoms. The Labute approximate surface area is 175 Å². The maximum Gasteiger partial charge on any atom is 0.253 e. The van der Waals surface area contributed by atoms with Crippen molar-refractivity contribution < 1.29 is 22.0 Å². The summed E-state index contributed by atoms with van der Waals surface area (Å²) in [7, 11) is -4.24. The number of amides is 1. The molecule has 1 amide bonds. The molecule has 1 atom stereocenters. The molecule has 28 heavy (non-hydrogen) atoms. The monoisotopic (exact) mass is 468 g/mol. The number of nitrogens with two attached hydrogens (primary N) is 1. The van der Waals surface area contributed by atoms with E-state index in [1.54, 1.807) is 0 Å². The topological polar surface area (TPSA) is 80.5 Å². The van der Waals surface area contributed by atoms with Crippen LogP contribution >= 0.6 is 34.5 Å². The third-order valence-electron chi connectivity index (χ3n) is 4.46. The molecular formula is C17H16Cl2F2N2O3S2. The summed E-state index contributed by atoms with van der Waals surface area (Å²) in [5.41, 5.74) is 5.23. The summed E-state index contributed by atoms with van der Waals surface area (Å²) in [5.74, 6) is -2.47. The van der Waals surface area contributed by atoms with Gasteiger partial charge in [-0.25, -0.2) is 17.2 Å². The molecule has 3 rings (SSSR count). The average molecular weight is 469 g/mol. The summed E-state index contributed by atoms with van der Waals surface area (Å²) in [5, 5.41) is -0.426. The van der Waals surface area contributed by atoms with E-state index >= 15 is 0 Å². The summed E-state index contributed by atoms with van der Waals surface area (Å²) in [6.07, 6.45) is 1.92. The first-order valence-corrected chi connectivity index (χ1v) is 11.3. The first-order chi connectivity index (χ1) is 13.1. The molecule has 1 aliphatic carbocycles. The molecule has 0 bridgehead atoms. The number of hydrogen-bond acceptors (Lipinski definition) is 4. The molecule has 1 aliphatic rings. The fourth-order valence-corrected chi connectivity index (χ4v) is 6.16. The van der Waals surface area contributed by atoms with Gasteiger partial charge in [-0.15, -0.1) is 11.3 Å². The Bertz CT molecular complexity index is 1010. The number of nitrogens with zero attached hydrogens (tertiary/aromatic N) is 1. The number of hydrogen-bond donors (Lipinski definition) is 1. The third kappa shape index (κ3) is 4.65. The quantitative estimate of drug-likeness (QED) is 0.590. The molecule has 11 heteroatoms. The molecule has 152 valence electrons. The molecule has 1 aromatic heterocycles. The number of thiophene rings is 1. The minimum atomic E-state index is -4.24. The fourth-order valence-electron chi connectivity index (χ4n) is 2.81. The minimum absolute atomic E-state index is 0.116. The van der Waals surface area contributed by atoms with E-state index in [4.69, 9.17) is 28.9 Å². The van der Waals surface area contributed by atoms with E-state index in [1.807, 2.05) is 0 Å². The maximum atomic E-state index is 14.3. The van der Waals surface area contributed by atoms with Crippen LogP contribution in [0.1, 0.15) is 24.8 Å². The highest BCUT2D eigenvalue weighted by Gasteiger charge is 2.39. The summed E-state index contributed by atoms with van der Waals surface area (Å²) >= 11 is 12.2. The van der Waals surface area contributed by atoms with Crippen LogP contribution < -0.4 is 5.73 Å². The smallest absolute Gasteiger partial charge is 0.253 e. The first-order valence-electron chi connectivity index (χ1n) is 8.29. The second-order valence-electron chi connectivity index (χ2n) is 6.56. The Morgan fingerprint density at radius 3 is 2.46 bits per heavy atom. The van der Waals surface area contributed by atoms with Crippen LogP contribution in [0.3, 0.4) is 0 Å². The van der Waals surface area contributed by atoms with Crippen molar-refractivity contribution >= 4 is 50.5 Å². The molecule has 1 heterocycles. The van der Waals surface area contributed by atoms with Crippen LogP contribution in [0.25, 0.3) is 0 Å². The zero-order valence-electron chi connectivity index (χ0n) is 14.4. The maximum absolute atomic E-state index is 14.3. The van der Waals surface area contributed by atoms with Crippen LogP contribution in [0, 0.1) is 17.6 Å². The van der Waals surface area contributed by atoms with Crippen LogP contribution in [0.2, 0.25) is 9.36 Å². The molecule has 1 unspecified atom stereocenters. The van der Waals surface area contributed by atoms with Crippen molar-refractivity contribution in [2.45, 2.75) is 36.1 Å². The van der Waals surface area contributed by atoms with Crippen molar-refractivity contribution in [3.63, 3.8) is 0 Å². The lowest BCUT2D eigenvalue weighted by molar-refractivity contribution is -0.122. The van der Waals surface area contributed by atoms with Crippen LogP contribution in [-0.4, -0.2) is 24.7 Å². The van der Waals surface area contributed by atoms with Gasteiger partial charge in [0.05, 0.1) is 9.36 Å². The Kier molecular flexibility index (Phi) is 6.31. The minimum Gasteiger partial charge on any atom is -0.368 e. The zero-order valence-corrected chi connectivity index (χ0v) is 17.5. The van der Waals surface area contributed by atoms with Gasteiger partial charge in [0, 0.05) is 12.1 Å². The van der Waals surface area contributed by atoms with Crippen LogP contribution in [0.4, 0.5) is 8.78 Å². The number of halogens is 4. The summed E-state index contributed by atoms with van der Waals surface area (Å²) < 4.78 is 55.5. The van der Waals surface area contributed by atoms with Gasteiger partial charge >= 0.3 is 0 Å². The van der Waals surface area contributed by atoms with Gasteiger partial charge in [-0.05, 0) is 36.6 Å². The second kappa shape index (κ2) is 8.23. The predicted molar refractivity (Wildman–Crippen MR) is 104 cm³/mol. The van der Waals surface area contributed by atoms with Crippen molar-refractivity contribution in [1.29, 1.82) is 0 Å². The van der Waals surface area contributed by atoms with Crippen LogP contribution in [-0.2, 0) is 21.4 Å². The Morgan fingerprint density at radius 2 is 1.93 bits per heavy atom. The number of sulfonamides is 1. The average Bonchev–Trinajstić information content (AvgIpc) is 3.32. The largest absolute Gasteiger partial charge is 0.368 e. The highest BCUT2D eigenvalue weighted by molar-refractivity contribution is 7.91. The third-order valence-corrected chi connectivity index (χ3v) is 8.30. The number of benzene rings is 1. The van der Waals surface area contributed by atoms with Crippen LogP contribution in [0.5, 0.6) is 0 Å². The number of carbonyl (C=O) groups is 1. The van der Waals surface area contributed by atoms with E-state index in [0.29, 0.717) is 0 Å². The van der Waals surface area contributed by atoms with Gasteiger partial charge in [0.1, 0.15) is 21.9 Å². The van der Waals surface area contributed by atoms with Crippen molar-refractivity contribution in [2.75, 3.05) is 0 Å². The molecule has 2 N–H and O–H groups in total. The van der Waals surface area contributed by atoms with E-state index in [9.17, 15) is 22.0 Å². The van der Waals surface area contributed by atoms with E-state index in [2.05, 4.69) is 0 Å². The second-order valence-corrected chi connectivity index (χ2v) is 10.8. The van der Waals surface area contributed by atoms with E-state index in [-0.39, 0.29) is 26.4 Å². The lowest BCUT2D eigenvalue weighted by Crippen LogP contribution is -2.47. The lowest BCUT2D eigenvalue weighted by Gasteiger charge is -2.28. The molecule has 0 aliphatic heterocycles. The molecule has 0 radical (unpaired) electrons. The number of carbonyl (C=O) groups excluding carboxylic acids is 1. The summed E-state index contributed by atoms with van der Waals surface area (Å²) in [6, 6.07) is 3.08. The Morgan fingerprint density at radius 1 is 1.25 bits per heavy atom. The lowest BCUT2D eigenvalue weighted by atomic mass is 10.1. The van der Waals surface area contributed by atoms with E-state index in [0.717, 1.165) is 40.6 Å². The molecule has 5 nitrogen and oxygen atoms in total. The highest BCUT2D eigenvalue weighted by Crippen LogP contribution is 2.37. The van der Waals surface area contributed by atoms with Crippen molar-refractivity contribution in [1.82, 2.24) is 4.31 Å². The van der Waals surface area contributed by atoms with Crippen molar-refractivity contribution in [3.8, 4) is 0 Å². The van der Waals surface area contributed by atoms with Crippen LogP contribution in [0.15, 0.2) is 28.5 Å². The number of rotatable bonds is 8. The molecular weight excluding hydrogens is 453 g/mol. The van der Waals surface area contributed by atoms with Gasteiger partial charge in [-0.2, -0.15) is 4.31 Å². The van der Waals surface area contributed by atoms with Gasteiger partial charge in [0.25, 0.3) is 10.0 Å². The molecule has 1 saturated carbocycles. The van der Waals surface area contributed by atoms with E-state index < -0.39 is 45.2 Å². The predicted octanol–water partition coefficient (Wildman–Crippen LogP) is 4.18. The SMILES string of the molecule is NC(=O)C(CC1CC1)N(Cc1cc(F)c(Cl)cc1F)S(=O)(=O)c1ccc(Cl)s1. The van der Waals surface area contributed by atoms with Crippen molar-refractivity contribution in [3.05, 3.63) is 50.8 Å². The van der Waals surface area contributed by atoms with E-state index in [1.165, 1.54) is 12.1 Å². The number of primary amides is 1. The zero-order chi connectivity index (χ0) is 20.6. The molecule has 1 fully saturated rings.